The molecule has 7 heteroatoms. The summed E-state index contributed by atoms with van der Waals surface area (Å²) in [6, 6.07) is 7.81. The molecule has 0 aliphatic rings. The van der Waals surface area contributed by atoms with E-state index in [1.807, 2.05) is 24.3 Å². The fourth-order valence-electron chi connectivity index (χ4n) is 1.94. The van der Waals surface area contributed by atoms with E-state index in [9.17, 15) is 0 Å². The average molecular weight is 290 g/mol. The number of benzene rings is 1. The highest BCUT2D eigenvalue weighted by Crippen LogP contribution is 2.19. The van der Waals surface area contributed by atoms with Gasteiger partial charge in [0.05, 0.1) is 13.7 Å². The molecule has 1 N–H and O–H groups in total. The van der Waals surface area contributed by atoms with Gasteiger partial charge in [-0.3, -0.25) is 0 Å². The Hall–Kier alpha value is -2.34. The fourth-order valence-corrected chi connectivity index (χ4v) is 2.12. The van der Waals surface area contributed by atoms with Gasteiger partial charge < -0.3 is 10.2 Å². The number of rotatable bonds is 4. The molecule has 2 heterocycles. The van der Waals surface area contributed by atoms with Gasteiger partial charge in [-0.15, -0.1) is 0 Å². The summed E-state index contributed by atoms with van der Waals surface area (Å²) in [7, 11) is 1.65. The zero-order chi connectivity index (χ0) is 13.9. The van der Waals surface area contributed by atoms with Crippen LogP contribution >= 0.6 is 11.6 Å². The molecule has 1 aromatic carbocycles. The first kappa shape index (κ1) is 12.7. The maximum absolute atomic E-state index is 5.96. The molecule has 0 spiro atoms. The van der Waals surface area contributed by atoms with Crippen LogP contribution < -0.4 is 10.2 Å². The molecule has 0 saturated heterocycles. The van der Waals surface area contributed by atoms with Gasteiger partial charge in [0.25, 0.3) is 0 Å². The molecule has 2 aromatic heterocycles. The largest absolute Gasteiger partial charge is 0.496 e. The highest BCUT2D eigenvalue weighted by molar-refractivity contribution is 6.33. The third-order valence-electron chi connectivity index (χ3n) is 2.92. The van der Waals surface area contributed by atoms with E-state index >= 15 is 0 Å². The van der Waals surface area contributed by atoms with E-state index in [-0.39, 0.29) is 0 Å². The lowest BCUT2D eigenvalue weighted by molar-refractivity contribution is 0.410. The predicted molar refractivity (Wildman–Crippen MR) is 76.4 cm³/mol. The third-order valence-corrected chi connectivity index (χ3v) is 3.20. The van der Waals surface area contributed by atoms with Gasteiger partial charge in [-0.25, -0.2) is 19.6 Å². The molecule has 0 amide bonds. The molecule has 0 fully saturated rings. The van der Waals surface area contributed by atoms with Gasteiger partial charge in [0, 0.05) is 5.56 Å². The number of fused-ring (bicyclic) bond motifs is 1. The number of hydrogen-bond acceptors (Lipinski definition) is 5. The average Bonchev–Trinajstić information content (AvgIpc) is 2.90. The summed E-state index contributed by atoms with van der Waals surface area (Å²) in [6.45, 7) is 0.580. The first-order valence-electron chi connectivity index (χ1n) is 5.99. The number of imidazole rings is 1. The molecule has 0 atom stereocenters. The van der Waals surface area contributed by atoms with E-state index in [4.69, 9.17) is 16.3 Å². The van der Waals surface area contributed by atoms with Gasteiger partial charge in [0.1, 0.15) is 23.9 Å². The maximum atomic E-state index is 5.96. The third kappa shape index (κ3) is 2.25. The Kier molecular flexibility index (Phi) is 3.39. The quantitative estimate of drug-likeness (QED) is 0.746. The van der Waals surface area contributed by atoms with E-state index in [1.54, 1.807) is 18.1 Å². The first-order valence-corrected chi connectivity index (χ1v) is 6.36. The van der Waals surface area contributed by atoms with Crippen molar-refractivity contribution in [3.05, 3.63) is 47.6 Å². The van der Waals surface area contributed by atoms with Crippen LogP contribution in [-0.2, 0) is 6.54 Å². The van der Waals surface area contributed by atoms with Gasteiger partial charge >= 0.3 is 0 Å². The summed E-state index contributed by atoms with van der Waals surface area (Å²) < 4.78 is 7.03. The van der Waals surface area contributed by atoms with Crippen LogP contribution in [0.15, 0.2) is 36.9 Å². The monoisotopic (exact) mass is 289 g/mol. The van der Waals surface area contributed by atoms with Crippen molar-refractivity contribution < 1.29 is 4.74 Å². The topological polar surface area (TPSA) is 64.9 Å². The first-order chi connectivity index (χ1) is 9.79. The minimum Gasteiger partial charge on any atom is -0.496 e. The Labute approximate surface area is 120 Å². The van der Waals surface area contributed by atoms with E-state index in [1.165, 1.54) is 6.33 Å². The number of halogens is 1. The van der Waals surface area contributed by atoms with Crippen molar-refractivity contribution in [2.75, 3.05) is 12.5 Å². The maximum Gasteiger partial charge on any atom is 0.183 e. The Bertz CT molecular complexity index is 742. The van der Waals surface area contributed by atoms with E-state index in [2.05, 4.69) is 20.4 Å². The lowest BCUT2D eigenvalue weighted by Gasteiger charge is -2.11. The van der Waals surface area contributed by atoms with Crippen molar-refractivity contribution in [1.29, 1.82) is 0 Å². The summed E-state index contributed by atoms with van der Waals surface area (Å²) in [6.07, 6.45) is 3.04. The molecule has 6 nitrogen and oxygen atoms in total. The van der Waals surface area contributed by atoms with Gasteiger partial charge in [-0.2, -0.15) is 0 Å². The molecule has 102 valence electrons. The summed E-state index contributed by atoms with van der Waals surface area (Å²) >= 11 is 5.96. The van der Waals surface area contributed by atoms with Crippen LogP contribution in [0.4, 0.5) is 0 Å². The second-order valence-corrected chi connectivity index (χ2v) is 4.46. The molecular weight excluding hydrogens is 278 g/mol. The van der Waals surface area contributed by atoms with Gasteiger partial charge in [-0.05, 0) is 6.07 Å². The molecule has 0 aliphatic carbocycles. The van der Waals surface area contributed by atoms with E-state index in [0.717, 1.165) is 11.3 Å². The number of hydrogen-bond donors (Lipinski definition) is 1. The van der Waals surface area contributed by atoms with Crippen LogP contribution in [0, 0.1) is 0 Å². The Balaban J connectivity index is 1.85. The second-order valence-electron chi connectivity index (χ2n) is 4.10. The minimum absolute atomic E-state index is 0.341. The Morgan fingerprint density at radius 3 is 2.95 bits per heavy atom. The number of para-hydroxylation sites is 1. The molecule has 3 rings (SSSR count). The number of ether oxygens (including phenoxy) is 1. The lowest BCUT2D eigenvalue weighted by atomic mass is 10.2. The van der Waals surface area contributed by atoms with Crippen molar-refractivity contribution in [2.24, 2.45) is 0 Å². The number of nitrogens with one attached hydrogen (secondary N) is 1. The zero-order valence-corrected chi connectivity index (χ0v) is 11.5. The molecule has 0 saturated carbocycles. The molecule has 0 bridgehead atoms. The molecule has 0 unspecified atom stereocenters. The summed E-state index contributed by atoms with van der Waals surface area (Å²) in [4.78, 5) is 12.3. The van der Waals surface area contributed by atoms with Gasteiger partial charge in [0.15, 0.2) is 10.8 Å². The van der Waals surface area contributed by atoms with Gasteiger partial charge in [0.2, 0.25) is 0 Å². The summed E-state index contributed by atoms with van der Waals surface area (Å²) in [5.41, 5.74) is 5.46. The lowest BCUT2D eigenvalue weighted by Crippen LogP contribution is -2.14. The molecule has 20 heavy (non-hydrogen) atoms. The van der Waals surface area contributed by atoms with E-state index in [0.29, 0.717) is 22.9 Å². The normalized spacial score (nSPS) is 10.7. The Morgan fingerprint density at radius 2 is 2.10 bits per heavy atom. The van der Waals surface area contributed by atoms with Crippen molar-refractivity contribution in [3.63, 3.8) is 0 Å². The smallest absolute Gasteiger partial charge is 0.183 e. The van der Waals surface area contributed by atoms with Gasteiger partial charge in [-0.1, -0.05) is 29.8 Å². The molecular formula is C13H12ClN5O. The van der Waals surface area contributed by atoms with Crippen molar-refractivity contribution in [2.45, 2.75) is 6.54 Å². The van der Waals surface area contributed by atoms with Crippen LogP contribution in [-0.4, -0.2) is 26.7 Å². The number of methoxy groups -OCH3 is 1. The van der Waals surface area contributed by atoms with Crippen molar-refractivity contribution >= 4 is 22.8 Å². The van der Waals surface area contributed by atoms with Crippen LogP contribution in [0.3, 0.4) is 0 Å². The van der Waals surface area contributed by atoms with Crippen LogP contribution in [0.1, 0.15) is 5.56 Å². The van der Waals surface area contributed by atoms with Crippen molar-refractivity contribution in [3.8, 4) is 5.75 Å². The predicted octanol–water partition coefficient (Wildman–Crippen LogP) is 2.23. The summed E-state index contributed by atoms with van der Waals surface area (Å²) in [5, 5.41) is 0.341. The van der Waals surface area contributed by atoms with Crippen molar-refractivity contribution in [1.82, 2.24) is 19.6 Å². The fraction of sp³-hybridized carbons (Fsp3) is 0.154. The molecule has 0 radical (unpaired) electrons. The van der Waals surface area contributed by atoms with Crippen LogP contribution in [0.2, 0.25) is 5.15 Å². The molecule has 0 aliphatic heterocycles. The number of nitrogens with zero attached hydrogens (tertiary/aromatic N) is 4. The zero-order valence-electron chi connectivity index (χ0n) is 10.7. The SMILES string of the molecule is COc1ccccc1CNn1cnc2c(Cl)ncnc21. The summed E-state index contributed by atoms with van der Waals surface area (Å²) in [5.74, 6) is 0.831. The standard InChI is InChI=1S/C13H12ClN5O/c1-20-10-5-3-2-4-9(10)6-18-19-8-17-11-12(14)15-7-16-13(11)19/h2-5,7-8,18H,6H2,1H3. The minimum atomic E-state index is 0.341. The highest BCUT2D eigenvalue weighted by Gasteiger charge is 2.08. The second kappa shape index (κ2) is 5.34. The molecule has 3 aromatic rings. The highest BCUT2D eigenvalue weighted by atomic mass is 35.5. The van der Waals surface area contributed by atoms with Crippen LogP contribution in [0.5, 0.6) is 5.75 Å². The Morgan fingerprint density at radius 1 is 1.25 bits per heavy atom. The number of aromatic nitrogens is 4. The van der Waals surface area contributed by atoms with Crippen LogP contribution in [0.25, 0.3) is 11.2 Å². The van der Waals surface area contributed by atoms with E-state index < -0.39 is 0 Å².